The smallest absolute Gasteiger partial charge is 0.318 e. The van der Waals surface area contributed by atoms with Gasteiger partial charge in [0.05, 0.1) is 12.7 Å². The van der Waals surface area contributed by atoms with Crippen molar-refractivity contribution in [3.8, 4) is 0 Å². The fourth-order valence-electron chi connectivity index (χ4n) is 1.74. The van der Waals surface area contributed by atoms with E-state index in [1.54, 1.807) is 25.3 Å². The predicted octanol–water partition coefficient (Wildman–Crippen LogP) is 3.36. The summed E-state index contributed by atoms with van der Waals surface area (Å²) in [5, 5.41) is 2.95. The molecule has 0 bridgehead atoms. The maximum absolute atomic E-state index is 12.4. The van der Waals surface area contributed by atoms with Gasteiger partial charge in [-0.05, 0) is 26.0 Å². The van der Waals surface area contributed by atoms with Gasteiger partial charge in [-0.2, -0.15) is 0 Å². The lowest BCUT2D eigenvalue weighted by Gasteiger charge is -2.12. The first-order chi connectivity index (χ1) is 10.5. The van der Waals surface area contributed by atoms with Crippen LogP contribution in [0.3, 0.4) is 0 Å². The highest BCUT2D eigenvalue weighted by molar-refractivity contribution is 8.00. The van der Waals surface area contributed by atoms with E-state index < -0.39 is 0 Å². The summed E-state index contributed by atoms with van der Waals surface area (Å²) < 4.78 is 4.71. The molecule has 5 nitrogen and oxygen atoms in total. The monoisotopic (exact) mass is 336 g/mol. The van der Waals surface area contributed by atoms with Crippen LogP contribution in [0.1, 0.15) is 22.2 Å². The zero-order valence-electron chi connectivity index (χ0n) is 12.5. The minimum Gasteiger partial charge on any atom is -0.468 e. The maximum atomic E-state index is 12.4. The van der Waals surface area contributed by atoms with Crippen molar-refractivity contribution in [2.45, 2.75) is 24.0 Å². The molecule has 116 valence electrons. The van der Waals surface area contributed by atoms with Crippen molar-refractivity contribution in [1.82, 2.24) is 4.98 Å². The third-order valence-electron chi connectivity index (χ3n) is 2.81. The molecule has 2 aromatic rings. The minimum absolute atomic E-state index is 0.241. The van der Waals surface area contributed by atoms with Crippen LogP contribution >= 0.6 is 23.1 Å². The molecule has 1 amide bonds. The molecule has 1 N–H and O–H groups in total. The predicted molar refractivity (Wildman–Crippen MR) is 88.6 cm³/mol. The van der Waals surface area contributed by atoms with E-state index in [1.807, 2.05) is 19.1 Å². The van der Waals surface area contributed by atoms with Gasteiger partial charge in [0.1, 0.15) is 5.25 Å². The van der Waals surface area contributed by atoms with Crippen LogP contribution in [0.5, 0.6) is 0 Å². The molecule has 0 spiro atoms. The first-order valence-electron chi connectivity index (χ1n) is 6.58. The van der Waals surface area contributed by atoms with Gasteiger partial charge in [0.25, 0.3) is 5.91 Å². The quantitative estimate of drug-likeness (QED) is 0.670. The number of esters is 1. The van der Waals surface area contributed by atoms with E-state index >= 15 is 0 Å². The maximum Gasteiger partial charge on any atom is 0.318 e. The number of nitrogens with zero attached hydrogens (tertiary/aromatic N) is 1. The van der Waals surface area contributed by atoms with Gasteiger partial charge in [0, 0.05) is 16.0 Å². The van der Waals surface area contributed by atoms with Crippen LogP contribution in [0.4, 0.5) is 5.13 Å². The molecule has 0 aliphatic rings. The van der Waals surface area contributed by atoms with E-state index in [0.717, 1.165) is 9.77 Å². The number of thiazole rings is 1. The van der Waals surface area contributed by atoms with Crippen molar-refractivity contribution < 1.29 is 14.3 Å². The van der Waals surface area contributed by atoms with Gasteiger partial charge in [-0.25, -0.2) is 4.98 Å². The Labute approximate surface area is 137 Å². The summed E-state index contributed by atoms with van der Waals surface area (Å²) in [6, 6.07) is 7.15. The molecular weight excluding hydrogens is 320 g/mol. The van der Waals surface area contributed by atoms with Crippen molar-refractivity contribution in [3.05, 3.63) is 40.9 Å². The van der Waals surface area contributed by atoms with E-state index in [1.165, 1.54) is 30.2 Å². The van der Waals surface area contributed by atoms with Gasteiger partial charge in [-0.1, -0.05) is 12.1 Å². The average molecular weight is 336 g/mol. The zero-order chi connectivity index (χ0) is 16.1. The first-order valence-corrected chi connectivity index (χ1v) is 8.28. The number of amides is 1. The lowest BCUT2D eigenvalue weighted by Crippen LogP contribution is -2.17. The Morgan fingerprint density at radius 3 is 2.73 bits per heavy atom. The number of hydrogen-bond acceptors (Lipinski definition) is 6. The van der Waals surface area contributed by atoms with Crippen molar-refractivity contribution in [1.29, 1.82) is 0 Å². The summed E-state index contributed by atoms with van der Waals surface area (Å²) in [4.78, 5) is 29.8. The Bertz CT molecular complexity index is 685. The number of carbonyl (C=O) groups excluding carboxylic acids is 2. The number of anilines is 1. The Kier molecular flexibility index (Phi) is 5.57. The van der Waals surface area contributed by atoms with Gasteiger partial charge < -0.3 is 4.74 Å². The second kappa shape index (κ2) is 7.42. The summed E-state index contributed by atoms with van der Waals surface area (Å²) in [6.07, 6.45) is 1.71. The molecule has 0 unspecified atom stereocenters. The summed E-state index contributed by atoms with van der Waals surface area (Å²) in [7, 11) is 1.35. The molecule has 0 aliphatic heterocycles. The summed E-state index contributed by atoms with van der Waals surface area (Å²) in [5.41, 5.74) is 0.510. The number of hydrogen-bond donors (Lipinski definition) is 1. The Morgan fingerprint density at radius 2 is 2.09 bits per heavy atom. The molecule has 0 saturated carbocycles. The molecule has 2 rings (SSSR count). The molecule has 22 heavy (non-hydrogen) atoms. The number of carbonyl (C=O) groups is 2. The number of thioether (sulfide) groups is 1. The molecular formula is C15H16N2O3S2. The van der Waals surface area contributed by atoms with Crippen LogP contribution in [0.15, 0.2) is 35.4 Å². The van der Waals surface area contributed by atoms with E-state index in [-0.39, 0.29) is 17.1 Å². The molecule has 1 aromatic heterocycles. The summed E-state index contributed by atoms with van der Waals surface area (Å²) in [5.74, 6) is -0.565. The van der Waals surface area contributed by atoms with E-state index in [0.29, 0.717) is 10.7 Å². The Balaban J connectivity index is 2.16. The number of rotatable bonds is 5. The Morgan fingerprint density at radius 1 is 1.36 bits per heavy atom. The molecule has 0 fully saturated rings. The van der Waals surface area contributed by atoms with Crippen molar-refractivity contribution in [2.75, 3.05) is 12.4 Å². The lowest BCUT2D eigenvalue weighted by atomic mass is 10.2. The van der Waals surface area contributed by atoms with Crippen molar-refractivity contribution >= 4 is 40.1 Å². The van der Waals surface area contributed by atoms with Crippen LogP contribution in [0.2, 0.25) is 0 Å². The second-order valence-electron chi connectivity index (χ2n) is 4.51. The van der Waals surface area contributed by atoms with Crippen LogP contribution in [-0.4, -0.2) is 29.2 Å². The third-order valence-corrected chi connectivity index (χ3v) is 4.79. The van der Waals surface area contributed by atoms with Gasteiger partial charge in [-0.15, -0.1) is 23.1 Å². The molecule has 0 radical (unpaired) electrons. The molecule has 0 saturated heterocycles. The molecule has 1 atom stereocenters. The number of benzene rings is 1. The van der Waals surface area contributed by atoms with Gasteiger partial charge >= 0.3 is 5.97 Å². The largest absolute Gasteiger partial charge is 0.468 e. The lowest BCUT2D eigenvalue weighted by molar-refractivity contribution is -0.139. The van der Waals surface area contributed by atoms with Crippen molar-refractivity contribution in [3.63, 3.8) is 0 Å². The van der Waals surface area contributed by atoms with E-state index in [4.69, 9.17) is 4.74 Å². The second-order valence-corrected chi connectivity index (χ2v) is 7.13. The topological polar surface area (TPSA) is 68.3 Å². The average Bonchev–Trinajstić information content (AvgIpc) is 2.91. The highest BCUT2D eigenvalue weighted by atomic mass is 32.2. The molecule has 7 heteroatoms. The van der Waals surface area contributed by atoms with E-state index in [2.05, 4.69) is 10.3 Å². The highest BCUT2D eigenvalue weighted by Crippen LogP contribution is 2.28. The SMILES string of the molecule is COC(=O)[C@@H](C)Sc1ccccc1C(=O)Nc1ncc(C)s1. The van der Waals surface area contributed by atoms with Crippen molar-refractivity contribution in [2.24, 2.45) is 0 Å². The number of aryl methyl sites for hydroxylation is 1. The van der Waals surface area contributed by atoms with Crippen LogP contribution in [-0.2, 0) is 9.53 Å². The fraction of sp³-hybridized carbons (Fsp3) is 0.267. The third kappa shape index (κ3) is 4.08. The standard InChI is InChI=1S/C15H16N2O3S2/c1-9-8-16-15(21-9)17-13(18)11-6-4-5-7-12(11)22-10(2)14(19)20-3/h4-8,10H,1-3H3,(H,16,17,18)/t10-/m1/s1. The molecule has 1 heterocycles. The zero-order valence-corrected chi connectivity index (χ0v) is 14.1. The number of nitrogens with one attached hydrogen (secondary N) is 1. The first kappa shape index (κ1) is 16.5. The van der Waals surface area contributed by atoms with Gasteiger partial charge in [0.2, 0.25) is 0 Å². The Hall–Kier alpha value is -1.86. The number of aromatic nitrogens is 1. The van der Waals surface area contributed by atoms with Gasteiger partial charge in [0.15, 0.2) is 5.13 Å². The van der Waals surface area contributed by atoms with Crippen LogP contribution in [0.25, 0.3) is 0 Å². The summed E-state index contributed by atoms with van der Waals surface area (Å²) >= 11 is 2.71. The summed E-state index contributed by atoms with van der Waals surface area (Å²) in [6.45, 7) is 3.67. The number of ether oxygens (including phenoxy) is 1. The normalized spacial score (nSPS) is 11.8. The van der Waals surface area contributed by atoms with E-state index in [9.17, 15) is 9.59 Å². The minimum atomic E-state index is -0.388. The number of methoxy groups -OCH3 is 1. The molecule has 1 aromatic carbocycles. The van der Waals surface area contributed by atoms with Crippen LogP contribution in [0, 0.1) is 6.92 Å². The molecule has 0 aliphatic carbocycles. The van der Waals surface area contributed by atoms with Gasteiger partial charge in [-0.3, -0.25) is 14.9 Å². The van der Waals surface area contributed by atoms with Crippen LogP contribution < -0.4 is 5.32 Å². The highest BCUT2D eigenvalue weighted by Gasteiger charge is 2.19. The fourth-order valence-corrected chi connectivity index (χ4v) is 3.42.